The van der Waals surface area contributed by atoms with Gasteiger partial charge in [0.1, 0.15) is 0 Å². The van der Waals surface area contributed by atoms with Crippen molar-refractivity contribution >= 4 is 29.6 Å². The quantitative estimate of drug-likeness (QED) is 0.452. The van der Waals surface area contributed by atoms with Gasteiger partial charge in [-0.15, -0.1) is 0 Å². The van der Waals surface area contributed by atoms with Crippen LogP contribution in [0.4, 0.5) is 0 Å². The van der Waals surface area contributed by atoms with Crippen LogP contribution >= 0.6 is 0 Å². The Morgan fingerprint density at radius 1 is 1.62 bits per heavy atom. The molecule has 0 aliphatic carbocycles. The zero-order valence-corrected chi connectivity index (χ0v) is 3.59. The summed E-state index contributed by atoms with van der Waals surface area (Å²) < 4.78 is 0. The van der Waals surface area contributed by atoms with E-state index in [0.717, 1.165) is 0 Å². The summed E-state index contributed by atoms with van der Waals surface area (Å²) in [6.45, 7) is 0. The van der Waals surface area contributed by atoms with Gasteiger partial charge in [0.25, 0.3) is 5.56 Å². The molecule has 4 heteroatoms. The summed E-state index contributed by atoms with van der Waals surface area (Å²) in [6.07, 6.45) is 2.89. The van der Waals surface area contributed by atoms with Gasteiger partial charge in [0.05, 0.1) is 6.33 Å². The maximum atomic E-state index is 10.1. The molecule has 0 spiro atoms. The molecule has 8 heavy (non-hydrogen) atoms. The molecule has 38 valence electrons. The number of aromatic amines is 1. The van der Waals surface area contributed by atoms with Crippen LogP contribution in [0, 0.1) is 0 Å². The molecule has 0 saturated carbocycles. The summed E-state index contributed by atoms with van der Waals surface area (Å²) in [4.78, 5) is 16.1. The van der Waals surface area contributed by atoms with E-state index in [-0.39, 0.29) is 35.1 Å². The number of hydrogen-bond acceptors (Lipinski definition) is 2. The molecule has 1 aromatic rings. The van der Waals surface area contributed by atoms with E-state index in [1.807, 2.05) is 0 Å². The second-order valence-corrected chi connectivity index (χ2v) is 1.10. The van der Waals surface area contributed by atoms with Crippen LogP contribution in [0.15, 0.2) is 23.4 Å². The van der Waals surface area contributed by atoms with Gasteiger partial charge in [-0.3, -0.25) is 4.79 Å². The minimum atomic E-state index is -0.209. The Kier molecular flexibility index (Phi) is 3.77. The van der Waals surface area contributed by atoms with Crippen LogP contribution in [0.2, 0.25) is 0 Å². The molecule has 0 atom stereocenters. The summed E-state index contributed by atoms with van der Waals surface area (Å²) in [7, 11) is 0. The van der Waals surface area contributed by atoms with Gasteiger partial charge in [-0.05, 0) is 0 Å². The fourth-order valence-electron chi connectivity index (χ4n) is 0.306. The Labute approximate surface area is 68.4 Å². The summed E-state index contributed by atoms with van der Waals surface area (Å²) in [5.41, 5.74) is -0.209. The number of aromatic nitrogens is 2. The number of H-pyrrole nitrogens is 1. The molecule has 0 amide bonds. The van der Waals surface area contributed by atoms with Crippen molar-refractivity contribution in [1.82, 2.24) is 9.97 Å². The van der Waals surface area contributed by atoms with Crippen LogP contribution in [0.5, 0.6) is 0 Å². The molecule has 1 N–H and O–H groups in total. The second-order valence-electron chi connectivity index (χ2n) is 1.10. The maximum absolute atomic E-state index is 10.1. The summed E-state index contributed by atoms with van der Waals surface area (Å²) in [5.74, 6) is 0. The summed E-state index contributed by atoms with van der Waals surface area (Å²) >= 11 is 0. The summed E-state index contributed by atoms with van der Waals surface area (Å²) in [5, 5.41) is 0. The Morgan fingerprint density at radius 2 is 2.38 bits per heavy atom. The van der Waals surface area contributed by atoms with Crippen molar-refractivity contribution in [3.63, 3.8) is 0 Å². The predicted octanol–water partition coefficient (Wildman–Crippen LogP) is -0.879. The third kappa shape index (κ3) is 2.26. The van der Waals surface area contributed by atoms with E-state index in [2.05, 4.69) is 9.97 Å². The van der Waals surface area contributed by atoms with E-state index in [4.69, 9.17) is 0 Å². The zero-order chi connectivity index (χ0) is 5.11. The van der Waals surface area contributed by atoms with E-state index in [1.165, 1.54) is 18.6 Å². The number of rotatable bonds is 0. The first-order valence-corrected chi connectivity index (χ1v) is 1.89. The number of hydrogen-bond donors (Lipinski definition) is 1. The van der Waals surface area contributed by atoms with Crippen molar-refractivity contribution in [2.75, 3.05) is 0 Å². The van der Waals surface area contributed by atoms with Crippen molar-refractivity contribution in [3.05, 3.63) is 28.9 Å². The van der Waals surface area contributed by atoms with Gasteiger partial charge in [0.15, 0.2) is 0 Å². The molecule has 0 unspecified atom stereocenters. The van der Waals surface area contributed by atoms with E-state index in [9.17, 15) is 4.79 Å². The number of nitrogens with zero attached hydrogens (tertiary/aromatic N) is 1. The van der Waals surface area contributed by atoms with E-state index in [1.54, 1.807) is 0 Å². The molecule has 0 radical (unpaired) electrons. The topological polar surface area (TPSA) is 45.8 Å². The molecule has 0 aliphatic heterocycles. The van der Waals surface area contributed by atoms with Crippen molar-refractivity contribution in [2.45, 2.75) is 0 Å². The van der Waals surface area contributed by atoms with Crippen molar-refractivity contribution in [1.29, 1.82) is 0 Å². The van der Waals surface area contributed by atoms with E-state index in [0.29, 0.717) is 0 Å². The normalized spacial score (nSPS) is 7.50. The SMILES string of the molecule is O=c1cc[nH]cn1.[NaH]. The van der Waals surface area contributed by atoms with Crippen LogP contribution in [0.25, 0.3) is 0 Å². The second kappa shape index (κ2) is 3.83. The molecule has 3 nitrogen and oxygen atoms in total. The Morgan fingerprint density at radius 3 is 2.62 bits per heavy atom. The van der Waals surface area contributed by atoms with Crippen LogP contribution in [-0.2, 0) is 0 Å². The third-order valence-electron chi connectivity index (χ3n) is 0.588. The molecular formula is C4H5N2NaO. The van der Waals surface area contributed by atoms with Gasteiger partial charge in [0, 0.05) is 12.3 Å². The number of nitrogens with one attached hydrogen (secondary N) is 1. The van der Waals surface area contributed by atoms with E-state index >= 15 is 0 Å². The fourth-order valence-corrected chi connectivity index (χ4v) is 0.306. The van der Waals surface area contributed by atoms with Crippen molar-refractivity contribution < 1.29 is 0 Å². The molecule has 1 rings (SSSR count). The van der Waals surface area contributed by atoms with Gasteiger partial charge in [-0.2, -0.15) is 4.98 Å². The minimum absolute atomic E-state index is 0. The van der Waals surface area contributed by atoms with E-state index < -0.39 is 0 Å². The van der Waals surface area contributed by atoms with Crippen LogP contribution in [0.1, 0.15) is 0 Å². The molecule has 0 bridgehead atoms. The summed E-state index contributed by atoms with van der Waals surface area (Å²) in [6, 6.07) is 1.36. The van der Waals surface area contributed by atoms with Gasteiger partial charge >= 0.3 is 29.6 Å². The molecule has 0 aliphatic rings. The predicted molar refractivity (Wildman–Crippen MR) is 32.0 cm³/mol. The van der Waals surface area contributed by atoms with Crippen molar-refractivity contribution in [3.8, 4) is 0 Å². The van der Waals surface area contributed by atoms with Gasteiger partial charge in [-0.25, -0.2) is 0 Å². The van der Waals surface area contributed by atoms with Gasteiger partial charge in [-0.1, -0.05) is 0 Å². The first-order chi connectivity index (χ1) is 3.39. The first-order valence-electron chi connectivity index (χ1n) is 1.89. The van der Waals surface area contributed by atoms with Crippen LogP contribution in [-0.4, -0.2) is 39.5 Å². The van der Waals surface area contributed by atoms with Crippen LogP contribution in [0.3, 0.4) is 0 Å². The molecule has 0 fully saturated rings. The molecule has 1 heterocycles. The van der Waals surface area contributed by atoms with Crippen LogP contribution < -0.4 is 5.56 Å². The fraction of sp³-hybridized carbons (Fsp3) is 0. The standard InChI is InChI=1S/C4H4N2O.Na.H/c7-4-1-2-5-3-6-4;;/h1-3H,(H,5,6,7);;. The van der Waals surface area contributed by atoms with Gasteiger partial charge < -0.3 is 4.98 Å². The Balaban J connectivity index is 0.000000490. The third-order valence-corrected chi connectivity index (χ3v) is 0.588. The molecule has 0 saturated heterocycles. The molecular weight excluding hydrogens is 115 g/mol. The average Bonchev–Trinajstić information content (AvgIpc) is 1.69. The molecule has 0 aromatic carbocycles. The first kappa shape index (κ1) is 7.88. The van der Waals surface area contributed by atoms with Gasteiger partial charge in [0.2, 0.25) is 0 Å². The zero-order valence-electron chi connectivity index (χ0n) is 3.59. The Bertz CT molecular complexity index is 180. The average molecular weight is 120 g/mol. The molecule has 1 aromatic heterocycles. The van der Waals surface area contributed by atoms with Crippen molar-refractivity contribution in [2.24, 2.45) is 0 Å². The monoisotopic (exact) mass is 120 g/mol. The Hall–Kier alpha value is -0.120.